The number of hydrogen-bond donors (Lipinski definition) is 0. The lowest BCUT2D eigenvalue weighted by Gasteiger charge is -2.09. The monoisotopic (exact) mass is 278 g/mol. The lowest BCUT2D eigenvalue weighted by atomic mass is 10.1. The van der Waals surface area contributed by atoms with Crippen LogP contribution in [-0.4, -0.2) is 5.78 Å². The number of hydrogen-bond acceptors (Lipinski definition) is 2. The van der Waals surface area contributed by atoms with Crippen LogP contribution in [0.5, 0.6) is 11.5 Å². The molecule has 0 spiro atoms. The van der Waals surface area contributed by atoms with Crippen molar-refractivity contribution < 1.29 is 13.9 Å². The number of aryl methyl sites for hydroxylation is 1. The van der Waals surface area contributed by atoms with Gasteiger partial charge in [-0.25, -0.2) is 4.39 Å². The molecule has 2 aromatic rings. The summed E-state index contributed by atoms with van der Waals surface area (Å²) >= 11 is 5.98. The molecule has 2 aromatic carbocycles. The Balaban J connectivity index is 2.33. The maximum Gasteiger partial charge on any atom is 0.166 e. The van der Waals surface area contributed by atoms with Crippen molar-refractivity contribution in [2.24, 2.45) is 0 Å². The molecule has 19 heavy (non-hydrogen) atoms. The van der Waals surface area contributed by atoms with Gasteiger partial charge in [-0.15, -0.1) is 0 Å². The topological polar surface area (TPSA) is 26.3 Å². The molecular formula is C15H12ClFO2. The zero-order valence-corrected chi connectivity index (χ0v) is 11.3. The van der Waals surface area contributed by atoms with Crippen LogP contribution in [0.25, 0.3) is 0 Å². The second kappa shape index (κ2) is 5.41. The second-order valence-corrected chi connectivity index (χ2v) is 4.64. The van der Waals surface area contributed by atoms with Crippen LogP contribution in [0.1, 0.15) is 22.8 Å². The molecule has 0 unspecified atom stereocenters. The molecular weight excluding hydrogens is 267 g/mol. The first kappa shape index (κ1) is 13.6. The average molecular weight is 279 g/mol. The first-order valence-electron chi connectivity index (χ1n) is 5.72. The average Bonchev–Trinajstić information content (AvgIpc) is 2.36. The van der Waals surface area contributed by atoms with Crippen LogP contribution < -0.4 is 4.74 Å². The SMILES string of the molecule is CC(=O)c1ccc(Oc2cc(C)ccc2Cl)c(F)c1. The summed E-state index contributed by atoms with van der Waals surface area (Å²) in [6.45, 7) is 3.27. The Morgan fingerprint density at radius 1 is 1.16 bits per heavy atom. The Kier molecular flexibility index (Phi) is 3.86. The van der Waals surface area contributed by atoms with Crippen molar-refractivity contribution in [2.75, 3.05) is 0 Å². The van der Waals surface area contributed by atoms with Crippen molar-refractivity contribution in [1.82, 2.24) is 0 Å². The van der Waals surface area contributed by atoms with Gasteiger partial charge in [-0.1, -0.05) is 17.7 Å². The zero-order chi connectivity index (χ0) is 14.0. The minimum Gasteiger partial charge on any atom is -0.453 e. The fraction of sp³-hybridized carbons (Fsp3) is 0.133. The van der Waals surface area contributed by atoms with E-state index >= 15 is 0 Å². The highest BCUT2D eigenvalue weighted by Gasteiger charge is 2.10. The first-order valence-corrected chi connectivity index (χ1v) is 6.09. The molecule has 0 bridgehead atoms. The highest BCUT2D eigenvalue weighted by molar-refractivity contribution is 6.32. The standard InChI is InChI=1S/C15H12ClFO2/c1-9-3-5-12(16)15(7-9)19-14-6-4-11(10(2)18)8-13(14)17/h3-8H,1-2H3. The van der Waals surface area contributed by atoms with E-state index in [9.17, 15) is 9.18 Å². The van der Waals surface area contributed by atoms with Gasteiger partial charge in [-0.2, -0.15) is 0 Å². The predicted molar refractivity (Wildman–Crippen MR) is 72.7 cm³/mol. The van der Waals surface area contributed by atoms with Gasteiger partial charge in [0.25, 0.3) is 0 Å². The Morgan fingerprint density at radius 3 is 2.53 bits per heavy atom. The molecule has 0 heterocycles. The van der Waals surface area contributed by atoms with E-state index in [-0.39, 0.29) is 11.5 Å². The van der Waals surface area contributed by atoms with Crippen molar-refractivity contribution in [3.63, 3.8) is 0 Å². The molecule has 0 radical (unpaired) electrons. The molecule has 98 valence electrons. The van der Waals surface area contributed by atoms with Gasteiger partial charge < -0.3 is 4.74 Å². The third kappa shape index (κ3) is 3.12. The van der Waals surface area contributed by atoms with Crippen LogP contribution >= 0.6 is 11.6 Å². The molecule has 0 aromatic heterocycles. The van der Waals surface area contributed by atoms with Gasteiger partial charge in [-0.3, -0.25) is 4.79 Å². The normalized spacial score (nSPS) is 10.3. The number of ketones is 1. The third-order valence-electron chi connectivity index (χ3n) is 2.65. The molecule has 0 fully saturated rings. The summed E-state index contributed by atoms with van der Waals surface area (Å²) in [7, 11) is 0. The van der Waals surface area contributed by atoms with Crippen LogP contribution in [0.2, 0.25) is 5.02 Å². The number of carbonyl (C=O) groups excluding carboxylic acids is 1. The summed E-state index contributed by atoms with van der Waals surface area (Å²) < 4.78 is 19.2. The molecule has 0 saturated carbocycles. The Bertz CT molecular complexity index is 638. The minimum atomic E-state index is -0.592. The molecule has 0 N–H and O–H groups in total. The van der Waals surface area contributed by atoms with E-state index < -0.39 is 5.82 Å². The molecule has 2 rings (SSSR count). The first-order chi connectivity index (χ1) is 8.97. The smallest absolute Gasteiger partial charge is 0.166 e. The van der Waals surface area contributed by atoms with Crippen molar-refractivity contribution in [3.8, 4) is 11.5 Å². The number of rotatable bonds is 3. The summed E-state index contributed by atoms with van der Waals surface area (Å²) in [4.78, 5) is 11.1. The number of ether oxygens (including phenoxy) is 1. The van der Waals surface area contributed by atoms with Crippen LogP contribution in [0, 0.1) is 12.7 Å². The van der Waals surface area contributed by atoms with Crippen LogP contribution in [-0.2, 0) is 0 Å². The fourth-order valence-corrected chi connectivity index (χ4v) is 1.77. The van der Waals surface area contributed by atoms with E-state index in [1.54, 1.807) is 12.1 Å². The summed E-state index contributed by atoms with van der Waals surface area (Å²) in [5.74, 6) is -0.363. The quantitative estimate of drug-likeness (QED) is 0.755. The summed E-state index contributed by atoms with van der Waals surface area (Å²) in [6, 6.07) is 9.34. The zero-order valence-electron chi connectivity index (χ0n) is 10.5. The fourth-order valence-electron chi connectivity index (χ4n) is 1.61. The van der Waals surface area contributed by atoms with E-state index in [0.717, 1.165) is 11.6 Å². The number of carbonyl (C=O) groups is 1. The van der Waals surface area contributed by atoms with Crippen molar-refractivity contribution >= 4 is 17.4 Å². The van der Waals surface area contributed by atoms with Gasteiger partial charge in [0, 0.05) is 5.56 Å². The molecule has 0 aliphatic carbocycles. The highest BCUT2D eigenvalue weighted by Crippen LogP contribution is 2.31. The molecule has 0 aliphatic rings. The van der Waals surface area contributed by atoms with Crippen molar-refractivity contribution in [1.29, 1.82) is 0 Å². The number of benzene rings is 2. The van der Waals surface area contributed by atoms with Gasteiger partial charge in [0.15, 0.2) is 17.3 Å². The Morgan fingerprint density at radius 2 is 1.89 bits per heavy atom. The predicted octanol–water partition coefficient (Wildman–Crippen LogP) is 4.78. The number of halogens is 2. The molecule has 4 heteroatoms. The van der Waals surface area contributed by atoms with Gasteiger partial charge in [0.05, 0.1) is 5.02 Å². The van der Waals surface area contributed by atoms with Crippen molar-refractivity contribution in [2.45, 2.75) is 13.8 Å². The van der Waals surface area contributed by atoms with E-state index in [1.165, 1.54) is 19.1 Å². The minimum absolute atomic E-state index is 0.0394. The van der Waals surface area contributed by atoms with Gasteiger partial charge in [0.1, 0.15) is 5.75 Å². The van der Waals surface area contributed by atoms with E-state index in [2.05, 4.69) is 0 Å². The molecule has 2 nitrogen and oxygen atoms in total. The second-order valence-electron chi connectivity index (χ2n) is 4.24. The maximum atomic E-state index is 13.8. The van der Waals surface area contributed by atoms with Gasteiger partial charge in [-0.05, 0) is 49.7 Å². The largest absolute Gasteiger partial charge is 0.453 e. The van der Waals surface area contributed by atoms with Crippen LogP contribution in [0.4, 0.5) is 4.39 Å². The van der Waals surface area contributed by atoms with E-state index in [1.807, 2.05) is 13.0 Å². The van der Waals surface area contributed by atoms with Gasteiger partial charge >= 0.3 is 0 Å². The summed E-state index contributed by atoms with van der Waals surface area (Å²) in [5.41, 5.74) is 1.26. The summed E-state index contributed by atoms with van der Waals surface area (Å²) in [6.07, 6.45) is 0. The van der Waals surface area contributed by atoms with E-state index in [4.69, 9.17) is 16.3 Å². The molecule has 0 amide bonds. The Hall–Kier alpha value is -1.87. The van der Waals surface area contributed by atoms with Gasteiger partial charge in [0.2, 0.25) is 0 Å². The molecule has 0 saturated heterocycles. The lowest BCUT2D eigenvalue weighted by Crippen LogP contribution is -1.95. The van der Waals surface area contributed by atoms with Crippen molar-refractivity contribution in [3.05, 3.63) is 58.4 Å². The van der Waals surface area contributed by atoms with E-state index in [0.29, 0.717) is 16.3 Å². The maximum absolute atomic E-state index is 13.8. The highest BCUT2D eigenvalue weighted by atomic mass is 35.5. The third-order valence-corrected chi connectivity index (χ3v) is 2.96. The van der Waals surface area contributed by atoms with Crippen LogP contribution in [0.15, 0.2) is 36.4 Å². The summed E-state index contributed by atoms with van der Waals surface area (Å²) in [5, 5.41) is 0.403. The number of Topliss-reactive ketones (excluding diaryl/α,β-unsaturated/α-hetero) is 1. The Labute approximate surface area is 115 Å². The molecule has 0 aliphatic heterocycles. The molecule has 0 atom stereocenters. The van der Waals surface area contributed by atoms with Crippen LogP contribution in [0.3, 0.4) is 0 Å². The lowest BCUT2D eigenvalue weighted by molar-refractivity contribution is 0.101.